The highest BCUT2D eigenvalue weighted by atomic mass is 79.9. The van der Waals surface area contributed by atoms with Crippen molar-refractivity contribution in [1.29, 1.82) is 0 Å². The Kier molecular flexibility index (Phi) is 8.54. The Morgan fingerprint density at radius 2 is 1.81 bits per heavy atom. The van der Waals surface area contributed by atoms with Crippen LogP contribution in [0.1, 0.15) is 11.1 Å². The second-order valence-electron chi connectivity index (χ2n) is 4.81. The maximum absolute atomic E-state index is 5.72. The zero-order valence-corrected chi connectivity index (χ0v) is 14.3. The minimum atomic E-state index is 0. The number of halogens is 2. The van der Waals surface area contributed by atoms with Gasteiger partial charge in [0.2, 0.25) is 0 Å². The number of aromatic nitrogens is 1. The number of pyridine rings is 1. The van der Waals surface area contributed by atoms with E-state index in [1.54, 1.807) is 6.20 Å². The Morgan fingerprint density at radius 3 is 2.48 bits per heavy atom. The first-order chi connectivity index (χ1) is 9.78. The fourth-order valence-electron chi connectivity index (χ4n) is 2.18. The quantitative estimate of drug-likeness (QED) is 0.813. The van der Waals surface area contributed by atoms with E-state index in [1.165, 1.54) is 11.1 Å². The van der Waals surface area contributed by atoms with Gasteiger partial charge in [-0.15, -0.1) is 12.4 Å². The highest BCUT2D eigenvalue weighted by Gasteiger charge is 2.06. The molecule has 5 heteroatoms. The summed E-state index contributed by atoms with van der Waals surface area (Å²) in [6, 6.07) is 12.7. The first-order valence-electron chi connectivity index (χ1n) is 6.83. The molecule has 0 aliphatic carbocycles. The second kappa shape index (κ2) is 9.90. The molecule has 0 bridgehead atoms. The third-order valence-corrected chi connectivity index (χ3v) is 3.61. The van der Waals surface area contributed by atoms with E-state index < -0.39 is 0 Å². The molecule has 0 saturated carbocycles. The minimum absolute atomic E-state index is 0. The molecule has 1 aromatic carbocycles. The molecule has 2 N–H and O–H groups in total. The van der Waals surface area contributed by atoms with E-state index in [0.29, 0.717) is 6.54 Å². The Balaban J connectivity index is 0.00000220. The normalized spacial score (nSPS) is 10.4. The molecule has 0 atom stereocenters. The van der Waals surface area contributed by atoms with Crippen LogP contribution in [0.4, 0.5) is 0 Å². The number of benzene rings is 1. The second-order valence-corrected chi connectivity index (χ2v) is 5.73. The van der Waals surface area contributed by atoms with E-state index in [0.717, 1.165) is 30.5 Å². The zero-order valence-electron chi connectivity index (χ0n) is 11.9. The van der Waals surface area contributed by atoms with Gasteiger partial charge in [-0.3, -0.25) is 9.88 Å². The molecule has 0 fully saturated rings. The van der Waals surface area contributed by atoms with Crippen molar-refractivity contribution in [2.24, 2.45) is 5.73 Å². The summed E-state index contributed by atoms with van der Waals surface area (Å²) in [7, 11) is 0. The standard InChI is InChI=1S/C16H20BrN3.ClH/c17-16-10-15(11-19-12-16)13-20(9-7-18)8-6-14-4-2-1-3-5-14;/h1-5,10-12H,6-9,13,18H2;1H. The van der Waals surface area contributed by atoms with Crippen molar-refractivity contribution < 1.29 is 0 Å². The molecule has 0 radical (unpaired) electrons. The highest BCUT2D eigenvalue weighted by Crippen LogP contribution is 2.12. The van der Waals surface area contributed by atoms with E-state index in [9.17, 15) is 0 Å². The van der Waals surface area contributed by atoms with Crippen LogP contribution in [-0.4, -0.2) is 29.5 Å². The average Bonchev–Trinajstić information content (AvgIpc) is 2.46. The lowest BCUT2D eigenvalue weighted by Gasteiger charge is -2.21. The van der Waals surface area contributed by atoms with Crippen LogP contribution >= 0.6 is 28.3 Å². The lowest BCUT2D eigenvalue weighted by atomic mass is 10.1. The van der Waals surface area contributed by atoms with Crippen molar-refractivity contribution in [1.82, 2.24) is 9.88 Å². The fourth-order valence-corrected chi connectivity index (χ4v) is 2.60. The predicted molar refractivity (Wildman–Crippen MR) is 93.7 cm³/mol. The molecular weight excluding hydrogens is 350 g/mol. The molecule has 0 spiro atoms. The van der Waals surface area contributed by atoms with Gasteiger partial charge in [0, 0.05) is 43.0 Å². The molecule has 1 heterocycles. The lowest BCUT2D eigenvalue weighted by Crippen LogP contribution is -2.31. The molecular formula is C16H21BrClN3. The third-order valence-electron chi connectivity index (χ3n) is 3.17. The van der Waals surface area contributed by atoms with Crippen molar-refractivity contribution in [2.75, 3.05) is 19.6 Å². The summed E-state index contributed by atoms with van der Waals surface area (Å²) < 4.78 is 1.02. The molecule has 2 aromatic rings. The topological polar surface area (TPSA) is 42.1 Å². The number of rotatable bonds is 7. The molecule has 21 heavy (non-hydrogen) atoms. The van der Waals surface area contributed by atoms with Crippen molar-refractivity contribution in [2.45, 2.75) is 13.0 Å². The maximum Gasteiger partial charge on any atom is 0.0410 e. The van der Waals surface area contributed by atoms with Crippen LogP contribution in [0.3, 0.4) is 0 Å². The van der Waals surface area contributed by atoms with E-state index in [1.807, 2.05) is 12.3 Å². The molecule has 3 nitrogen and oxygen atoms in total. The van der Waals surface area contributed by atoms with Crippen molar-refractivity contribution in [3.05, 3.63) is 64.4 Å². The van der Waals surface area contributed by atoms with Gasteiger partial charge in [0.1, 0.15) is 0 Å². The van der Waals surface area contributed by atoms with Gasteiger partial charge in [0.15, 0.2) is 0 Å². The maximum atomic E-state index is 5.72. The van der Waals surface area contributed by atoms with Crippen LogP contribution in [0.25, 0.3) is 0 Å². The smallest absolute Gasteiger partial charge is 0.0410 e. The van der Waals surface area contributed by atoms with Crippen molar-refractivity contribution in [3.63, 3.8) is 0 Å². The number of nitrogens with two attached hydrogens (primary N) is 1. The zero-order chi connectivity index (χ0) is 14.2. The Morgan fingerprint density at radius 1 is 1.05 bits per heavy atom. The van der Waals surface area contributed by atoms with E-state index >= 15 is 0 Å². The SMILES string of the molecule is Cl.NCCN(CCc1ccccc1)Cc1cncc(Br)c1. The summed E-state index contributed by atoms with van der Waals surface area (Å²) in [5.74, 6) is 0. The summed E-state index contributed by atoms with van der Waals surface area (Å²) in [6.45, 7) is 3.47. The first kappa shape index (κ1) is 18.1. The number of nitrogens with zero attached hydrogens (tertiary/aromatic N) is 2. The van der Waals surface area contributed by atoms with Crippen LogP contribution in [0, 0.1) is 0 Å². The summed E-state index contributed by atoms with van der Waals surface area (Å²) in [5, 5.41) is 0. The van der Waals surface area contributed by atoms with Crippen LogP contribution in [0.5, 0.6) is 0 Å². The van der Waals surface area contributed by atoms with Gasteiger partial charge in [-0.1, -0.05) is 30.3 Å². The van der Waals surface area contributed by atoms with Gasteiger partial charge in [-0.2, -0.15) is 0 Å². The predicted octanol–water partition coefficient (Wildman–Crippen LogP) is 3.27. The van der Waals surface area contributed by atoms with Gasteiger partial charge in [-0.05, 0) is 39.5 Å². The molecule has 0 aliphatic rings. The Labute approximate surface area is 141 Å². The molecule has 114 valence electrons. The third kappa shape index (κ3) is 6.57. The molecule has 0 unspecified atom stereocenters. The first-order valence-corrected chi connectivity index (χ1v) is 7.63. The molecule has 0 aliphatic heterocycles. The van der Waals surface area contributed by atoms with Crippen molar-refractivity contribution in [3.8, 4) is 0 Å². The van der Waals surface area contributed by atoms with Crippen molar-refractivity contribution >= 4 is 28.3 Å². The van der Waals surface area contributed by atoms with Gasteiger partial charge < -0.3 is 5.73 Å². The Bertz CT molecular complexity index is 522. The largest absolute Gasteiger partial charge is 0.329 e. The highest BCUT2D eigenvalue weighted by molar-refractivity contribution is 9.10. The van der Waals surface area contributed by atoms with E-state index in [4.69, 9.17) is 5.73 Å². The number of hydrogen-bond donors (Lipinski definition) is 1. The van der Waals surface area contributed by atoms with Crippen LogP contribution in [0.15, 0.2) is 53.3 Å². The van der Waals surface area contributed by atoms with Gasteiger partial charge >= 0.3 is 0 Å². The van der Waals surface area contributed by atoms with Gasteiger partial charge in [0.25, 0.3) is 0 Å². The van der Waals surface area contributed by atoms with Crippen LogP contribution in [0.2, 0.25) is 0 Å². The lowest BCUT2D eigenvalue weighted by molar-refractivity contribution is 0.276. The minimum Gasteiger partial charge on any atom is -0.329 e. The molecule has 1 aromatic heterocycles. The summed E-state index contributed by atoms with van der Waals surface area (Å²) in [4.78, 5) is 6.58. The number of hydrogen-bond acceptors (Lipinski definition) is 3. The summed E-state index contributed by atoms with van der Waals surface area (Å²) >= 11 is 3.46. The Hall–Kier alpha value is -0.940. The molecule has 2 rings (SSSR count). The van der Waals surface area contributed by atoms with E-state index in [-0.39, 0.29) is 12.4 Å². The van der Waals surface area contributed by atoms with Crippen LogP contribution in [-0.2, 0) is 13.0 Å². The summed E-state index contributed by atoms with van der Waals surface area (Å²) in [5.41, 5.74) is 8.29. The van der Waals surface area contributed by atoms with Gasteiger partial charge in [-0.25, -0.2) is 0 Å². The molecule has 0 amide bonds. The molecule has 0 saturated heterocycles. The summed E-state index contributed by atoms with van der Waals surface area (Å²) in [6.07, 6.45) is 4.76. The van der Waals surface area contributed by atoms with Crippen LogP contribution < -0.4 is 5.73 Å². The monoisotopic (exact) mass is 369 g/mol. The van der Waals surface area contributed by atoms with Gasteiger partial charge in [0.05, 0.1) is 0 Å². The fraction of sp³-hybridized carbons (Fsp3) is 0.312. The van der Waals surface area contributed by atoms with E-state index in [2.05, 4.69) is 56.1 Å². The average molecular weight is 371 g/mol.